The molecular formula is C19H20O2S2. The van der Waals surface area contributed by atoms with E-state index >= 15 is 0 Å². The van der Waals surface area contributed by atoms with E-state index in [1.54, 1.807) is 23.5 Å². The molecule has 0 atom stereocenters. The van der Waals surface area contributed by atoms with Gasteiger partial charge in [-0.15, -0.1) is 23.5 Å². The molecule has 3 rings (SSSR count). The second kappa shape index (κ2) is 6.62. The Morgan fingerprint density at radius 1 is 0.870 bits per heavy atom. The average molecular weight is 345 g/mol. The van der Waals surface area contributed by atoms with Crippen LogP contribution in [-0.2, 0) is 0 Å². The molecule has 0 radical (unpaired) electrons. The van der Waals surface area contributed by atoms with Crippen LogP contribution < -0.4 is 5.43 Å². The highest BCUT2D eigenvalue weighted by Crippen LogP contribution is 2.39. The van der Waals surface area contributed by atoms with Crippen molar-refractivity contribution < 1.29 is 4.42 Å². The lowest BCUT2D eigenvalue weighted by atomic mass is 10.1. The number of rotatable bonds is 4. The van der Waals surface area contributed by atoms with Gasteiger partial charge < -0.3 is 4.42 Å². The van der Waals surface area contributed by atoms with Crippen molar-refractivity contribution in [3.8, 4) is 0 Å². The molecule has 0 aliphatic heterocycles. The summed E-state index contributed by atoms with van der Waals surface area (Å²) in [7, 11) is 0. The molecule has 3 aromatic rings. The zero-order valence-corrected chi connectivity index (χ0v) is 15.4. The Balaban J connectivity index is 2.38. The van der Waals surface area contributed by atoms with Crippen molar-refractivity contribution in [1.82, 2.24) is 0 Å². The average Bonchev–Trinajstić information content (AvgIpc) is 2.49. The van der Waals surface area contributed by atoms with Gasteiger partial charge in [-0.3, -0.25) is 4.79 Å². The van der Waals surface area contributed by atoms with Crippen LogP contribution in [0.3, 0.4) is 0 Å². The minimum Gasteiger partial charge on any atom is -0.456 e. The van der Waals surface area contributed by atoms with E-state index in [4.69, 9.17) is 4.42 Å². The van der Waals surface area contributed by atoms with Crippen LogP contribution in [0.4, 0.5) is 0 Å². The van der Waals surface area contributed by atoms with Gasteiger partial charge in [0, 0.05) is 20.3 Å². The van der Waals surface area contributed by atoms with Crippen molar-refractivity contribution in [1.29, 1.82) is 0 Å². The number of hydrogen-bond donors (Lipinski definition) is 0. The van der Waals surface area contributed by atoms with Gasteiger partial charge in [-0.1, -0.05) is 39.8 Å². The van der Waals surface area contributed by atoms with E-state index in [0.717, 1.165) is 9.79 Å². The Morgan fingerprint density at radius 3 is 2.26 bits per heavy atom. The molecule has 0 spiro atoms. The highest BCUT2D eigenvalue weighted by Gasteiger charge is 2.17. The molecule has 0 unspecified atom stereocenters. The molecule has 2 aromatic carbocycles. The monoisotopic (exact) mass is 344 g/mol. The smallest absolute Gasteiger partial charge is 0.201 e. The van der Waals surface area contributed by atoms with Crippen molar-refractivity contribution in [3.63, 3.8) is 0 Å². The minimum atomic E-state index is 0.0659. The number of benzene rings is 2. The van der Waals surface area contributed by atoms with E-state index in [-0.39, 0.29) is 5.43 Å². The molecule has 0 bridgehead atoms. The van der Waals surface area contributed by atoms with Crippen LogP contribution in [0.5, 0.6) is 0 Å². The first-order valence-corrected chi connectivity index (χ1v) is 9.55. The fourth-order valence-corrected chi connectivity index (χ4v) is 4.66. The van der Waals surface area contributed by atoms with Crippen molar-refractivity contribution in [2.75, 3.05) is 0 Å². The highest BCUT2D eigenvalue weighted by molar-refractivity contribution is 8.03. The molecule has 1 heterocycles. The summed E-state index contributed by atoms with van der Waals surface area (Å²) in [5.74, 6) is 0. The molecule has 0 aliphatic rings. The lowest BCUT2D eigenvalue weighted by Crippen LogP contribution is -2.05. The van der Waals surface area contributed by atoms with Gasteiger partial charge in [-0.2, -0.15) is 0 Å². The summed E-state index contributed by atoms with van der Waals surface area (Å²) < 4.78 is 5.99. The number of hydrogen-bond acceptors (Lipinski definition) is 4. The number of thioether (sulfide) groups is 2. The van der Waals surface area contributed by atoms with Crippen LogP contribution in [0.1, 0.15) is 27.7 Å². The van der Waals surface area contributed by atoms with E-state index in [1.807, 2.05) is 30.3 Å². The van der Waals surface area contributed by atoms with Gasteiger partial charge in [0.05, 0.1) is 10.8 Å². The van der Waals surface area contributed by atoms with Crippen molar-refractivity contribution >= 4 is 45.5 Å². The largest absolute Gasteiger partial charge is 0.456 e. The zero-order valence-electron chi connectivity index (χ0n) is 13.8. The second-order valence-electron chi connectivity index (χ2n) is 6.03. The predicted octanol–water partition coefficient (Wildman–Crippen LogP) is 5.95. The maximum Gasteiger partial charge on any atom is 0.201 e. The molecule has 23 heavy (non-hydrogen) atoms. The second-order valence-corrected chi connectivity index (χ2v) is 9.23. The van der Waals surface area contributed by atoms with Crippen molar-refractivity contribution in [2.24, 2.45) is 0 Å². The van der Waals surface area contributed by atoms with Crippen LogP contribution in [-0.4, -0.2) is 10.5 Å². The molecule has 1 aromatic heterocycles. The van der Waals surface area contributed by atoms with Gasteiger partial charge in [-0.05, 0) is 24.3 Å². The third kappa shape index (κ3) is 3.29. The fraction of sp³-hybridized carbons (Fsp3) is 0.316. The molecule has 4 heteroatoms. The first-order chi connectivity index (χ1) is 11.0. The fourth-order valence-electron chi connectivity index (χ4n) is 2.54. The first-order valence-electron chi connectivity index (χ1n) is 7.79. The van der Waals surface area contributed by atoms with Crippen molar-refractivity contribution in [2.45, 2.75) is 48.0 Å². The molecule has 0 aliphatic carbocycles. The third-order valence-electron chi connectivity index (χ3n) is 3.38. The van der Waals surface area contributed by atoms with Gasteiger partial charge in [0.2, 0.25) is 5.43 Å². The Labute approximate surface area is 144 Å². The third-order valence-corrected chi connectivity index (χ3v) is 5.70. The maximum atomic E-state index is 13.0. The van der Waals surface area contributed by atoms with Crippen LogP contribution in [0.2, 0.25) is 0 Å². The summed E-state index contributed by atoms with van der Waals surface area (Å²) in [6.45, 7) is 8.63. The number of para-hydroxylation sites is 1. The van der Waals surface area contributed by atoms with Gasteiger partial charge in [0.1, 0.15) is 11.2 Å². The van der Waals surface area contributed by atoms with E-state index in [1.165, 1.54) is 0 Å². The Bertz CT molecular complexity index is 910. The topological polar surface area (TPSA) is 30.2 Å². The van der Waals surface area contributed by atoms with Crippen LogP contribution in [0.25, 0.3) is 21.9 Å². The summed E-state index contributed by atoms with van der Waals surface area (Å²) in [6.07, 6.45) is 0. The van der Waals surface area contributed by atoms with E-state index in [0.29, 0.717) is 32.4 Å². The van der Waals surface area contributed by atoms with Crippen LogP contribution >= 0.6 is 23.5 Å². The van der Waals surface area contributed by atoms with E-state index < -0.39 is 0 Å². The SMILES string of the molecule is CC(C)Sc1ccc2oc3ccccc3c(=O)c2c1SC(C)C. The summed E-state index contributed by atoms with van der Waals surface area (Å²) >= 11 is 3.53. The molecule has 0 N–H and O–H groups in total. The molecule has 0 amide bonds. The van der Waals surface area contributed by atoms with E-state index in [2.05, 4.69) is 33.8 Å². The minimum absolute atomic E-state index is 0.0659. The van der Waals surface area contributed by atoms with Gasteiger partial charge in [0.15, 0.2) is 0 Å². The normalized spacial score (nSPS) is 11.9. The van der Waals surface area contributed by atoms with Gasteiger partial charge >= 0.3 is 0 Å². The van der Waals surface area contributed by atoms with Crippen LogP contribution in [0, 0.1) is 0 Å². The number of fused-ring (bicyclic) bond motifs is 2. The summed E-state index contributed by atoms with van der Waals surface area (Å²) in [5.41, 5.74) is 1.39. The summed E-state index contributed by atoms with van der Waals surface area (Å²) in [6, 6.07) is 11.5. The standard InChI is InChI=1S/C19H20O2S2/c1-11(2)22-16-10-9-15-17(19(16)23-12(3)4)18(20)13-7-5-6-8-14(13)21-15/h5-12H,1-4H3. The molecular weight excluding hydrogens is 324 g/mol. The van der Waals surface area contributed by atoms with Crippen LogP contribution in [0.15, 0.2) is 55.4 Å². The Hall–Kier alpha value is -1.39. The first kappa shape index (κ1) is 16.5. The predicted molar refractivity (Wildman–Crippen MR) is 102 cm³/mol. The zero-order chi connectivity index (χ0) is 16.6. The van der Waals surface area contributed by atoms with Crippen molar-refractivity contribution in [3.05, 3.63) is 46.6 Å². The summed E-state index contributed by atoms with van der Waals surface area (Å²) in [4.78, 5) is 15.3. The molecule has 0 fully saturated rings. The van der Waals surface area contributed by atoms with Gasteiger partial charge in [-0.25, -0.2) is 0 Å². The molecule has 120 valence electrons. The molecule has 2 nitrogen and oxygen atoms in total. The Kier molecular flexibility index (Phi) is 4.74. The molecule has 0 saturated heterocycles. The Morgan fingerprint density at radius 2 is 1.57 bits per heavy atom. The lowest BCUT2D eigenvalue weighted by Gasteiger charge is -2.15. The quantitative estimate of drug-likeness (QED) is 0.432. The lowest BCUT2D eigenvalue weighted by molar-refractivity contribution is 0.658. The highest BCUT2D eigenvalue weighted by atomic mass is 32.2. The van der Waals surface area contributed by atoms with E-state index in [9.17, 15) is 4.79 Å². The van der Waals surface area contributed by atoms with Gasteiger partial charge in [0.25, 0.3) is 0 Å². The molecule has 0 saturated carbocycles. The summed E-state index contributed by atoms with van der Waals surface area (Å²) in [5, 5.41) is 2.23. The maximum absolute atomic E-state index is 13.0.